The average Bonchev–Trinajstić information content (AvgIpc) is 2.74. The minimum atomic E-state index is -4.99. The van der Waals surface area contributed by atoms with Gasteiger partial charge in [0, 0.05) is 26.2 Å². The zero-order valence-electron chi connectivity index (χ0n) is 17.1. The van der Waals surface area contributed by atoms with Crippen LogP contribution in [0.3, 0.4) is 0 Å². The summed E-state index contributed by atoms with van der Waals surface area (Å²) in [6, 6.07) is 11.2. The maximum atomic E-state index is 13.4. The number of halogens is 5. The third-order valence-corrected chi connectivity index (χ3v) is 5.19. The van der Waals surface area contributed by atoms with Crippen molar-refractivity contribution in [3.05, 3.63) is 71.3 Å². The van der Waals surface area contributed by atoms with Crippen LogP contribution in [0.1, 0.15) is 24.1 Å². The van der Waals surface area contributed by atoms with Crippen LogP contribution in [0.25, 0.3) is 0 Å². The van der Waals surface area contributed by atoms with E-state index in [9.17, 15) is 31.5 Å². The van der Waals surface area contributed by atoms with Crippen molar-refractivity contribution in [3.8, 4) is 0 Å². The molecule has 1 fully saturated rings. The molecule has 0 bridgehead atoms. The van der Waals surface area contributed by atoms with E-state index in [1.807, 2.05) is 4.90 Å². The lowest BCUT2D eigenvalue weighted by molar-refractivity contribution is -0.204. The van der Waals surface area contributed by atoms with Crippen LogP contribution in [0.5, 0.6) is 0 Å². The van der Waals surface area contributed by atoms with Crippen LogP contribution in [0.15, 0.2) is 48.5 Å². The van der Waals surface area contributed by atoms with Gasteiger partial charge in [0.2, 0.25) is 0 Å². The Kier molecular flexibility index (Phi) is 7.12. The molecular weight excluding hydrogens is 435 g/mol. The zero-order valence-corrected chi connectivity index (χ0v) is 17.1. The highest BCUT2D eigenvalue weighted by Gasteiger charge is 2.47. The second-order valence-electron chi connectivity index (χ2n) is 7.44. The molecule has 1 heterocycles. The Morgan fingerprint density at radius 1 is 0.844 bits per heavy atom. The standard InChI is InChI=1S/C22H21F5N2O3/c1-14(30)20(22(25,26)27)32-21(31)29-12-10-28(11-13-29)19(15-2-6-17(23)7-3-15)16-4-8-18(24)9-5-16/h2-9,19-20H,10-13H2,1H3. The molecule has 1 aliphatic rings. The van der Waals surface area contributed by atoms with Gasteiger partial charge in [-0.25, -0.2) is 13.6 Å². The topological polar surface area (TPSA) is 49.9 Å². The Hall–Kier alpha value is -3.01. The Morgan fingerprint density at radius 2 is 1.28 bits per heavy atom. The molecule has 172 valence electrons. The fourth-order valence-electron chi connectivity index (χ4n) is 3.62. The van der Waals surface area contributed by atoms with Crippen molar-refractivity contribution < 1.29 is 36.3 Å². The van der Waals surface area contributed by atoms with Crippen LogP contribution in [0.2, 0.25) is 0 Å². The Balaban J connectivity index is 1.74. The predicted molar refractivity (Wildman–Crippen MR) is 105 cm³/mol. The molecule has 0 aromatic heterocycles. The summed E-state index contributed by atoms with van der Waals surface area (Å²) in [5.41, 5.74) is 1.48. The number of carbonyl (C=O) groups is 2. The summed E-state index contributed by atoms with van der Waals surface area (Å²) in [6.45, 7) is 1.36. The second-order valence-corrected chi connectivity index (χ2v) is 7.44. The molecule has 5 nitrogen and oxygen atoms in total. The van der Waals surface area contributed by atoms with Gasteiger partial charge in [-0.05, 0) is 42.3 Å². The maximum Gasteiger partial charge on any atom is 0.432 e. The molecule has 0 aliphatic carbocycles. The smallest absolute Gasteiger partial charge is 0.428 e. The van der Waals surface area contributed by atoms with Gasteiger partial charge in [-0.1, -0.05) is 24.3 Å². The molecule has 1 unspecified atom stereocenters. The molecule has 1 saturated heterocycles. The van der Waals surface area contributed by atoms with Gasteiger partial charge in [0.05, 0.1) is 6.04 Å². The minimum Gasteiger partial charge on any atom is -0.428 e. The van der Waals surface area contributed by atoms with Gasteiger partial charge in [0.15, 0.2) is 5.78 Å². The Bertz CT molecular complexity index is 894. The maximum absolute atomic E-state index is 13.4. The van der Waals surface area contributed by atoms with Crippen LogP contribution in [-0.4, -0.2) is 60.1 Å². The van der Waals surface area contributed by atoms with E-state index in [1.165, 1.54) is 24.3 Å². The van der Waals surface area contributed by atoms with E-state index in [4.69, 9.17) is 0 Å². The van der Waals surface area contributed by atoms with Crippen LogP contribution in [0.4, 0.5) is 26.7 Å². The lowest BCUT2D eigenvalue weighted by atomic mass is 9.96. The van der Waals surface area contributed by atoms with Crippen molar-refractivity contribution in [2.75, 3.05) is 26.2 Å². The molecule has 2 aromatic carbocycles. The van der Waals surface area contributed by atoms with Crippen molar-refractivity contribution in [2.24, 2.45) is 0 Å². The average molecular weight is 456 g/mol. The lowest BCUT2D eigenvalue weighted by Crippen LogP contribution is -2.52. The van der Waals surface area contributed by atoms with Crippen LogP contribution >= 0.6 is 0 Å². The monoisotopic (exact) mass is 456 g/mol. The number of rotatable bonds is 5. The molecule has 1 amide bonds. The third-order valence-electron chi connectivity index (χ3n) is 5.19. The largest absolute Gasteiger partial charge is 0.432 e. The van der Waals surface area contributed by atoms with Gasteiger partial charge in [-0.2, -0.15) is 13.2 Å². The zero-order chi connectivity index (χ0) is 23.5. The van der Waals surface area contributed by atoms with Crippen molar-refractivity contribution in [1.82, 2.24) is 9.80 Å². The normalized spacial score (nSPS) is 16.2. The summed E-state index contributed by atoms with van der Waals surface area (Å²) < 4.78 is 70.0. The molecule has 0 spiro atoms. The number of carbonyl (C=O) groups excluding carboxylic acids is 2. The second kappa shape index (κ2) is 9.64. The Labute approximate surface area is 181 Å². The number of benzene rings is 2. The first-order chi connectivity index (χ1) is 15.1. The first kappa shape index (κ1) is 23.6. The number of ether oxygens (including phenoxy) is 1. The van der Waals surface area contributed by atoms with E-state index in [0.29, 0.717) is 6.92 Å². The SMILES string of the molecule is CC(=O)C(OC(=O)N1CCN(C(c2ccc(F)cc2)c2ccc(F)cc2)CC1)C(F)(F)F. The molecule has 1 atom stereocenters. The molecule has 1 aliphatic heterocycles. The van der Waals surface area contributed by atoms with E-state index >= 15 is 0 Å². The lowest BCUT2D eigenvalue weighted by Gasteiger charge is -2.39. The number of amides is 1. The van der Waals surface area contributed by atoms with Gasteiger partial charge in [0.1, 0.15) is 11.6 Å². The number of alkyl halides is 3. The van der Waals surface area contributed by atoms with E-state index in [2.05, 4.69) is 4.74 Å². The highest BCUT2D eigenvalue weighted by atomic mass is 19.4. The first-order valence-electron chi connectivity index (χ1n) is 9.84. The number of piperazine rings is 1. The minimum absolute atomic E-state index is 0.0558. The summed E-state index contributed by atoms with van der Waals surface area (Å²) in [7, 11) is 0. The molecule has 0 N–H and O–H groups in total. The predicted octanol–water partition coefficient (Wildman–Crippen LogP) is 4.33. The number of nitrogens with zero attached hydrogens (tertiary/aromatic N) is 2. The summed E-state index contributed by atoms with van der Waals surface area (Å²) in [6.07, 6.45) is -9.01. The summed E-state index contributed by atoms with van der Waals surface area (Å²) in [4.78, 5) is 26.5. The Morgan fingerprint density at radius 3 is 1.66 bits per heavy atom. The quantitative estimate of drug-likeness (QED) is 0.629. The van der Waals surface area contributed by atoms with E-state index in [-0.39, 0.29) is 32.2 Å². The molecular formula is C22H21F5N2O3. The van der Waals surface area contributed by atoms with Crippen molar-refractivity contribution in [3.63, 3.8) is 0 Å². The number of ketones is 1. The highest BCUT2D eigenvalue weighted by Crippen LogP contribution is 2.30. The first-order valence-corrected chi connectivity index (χ1v) is 9.84. The summed E-state index contributed by atoms with van der Waals surface area (Å²) in [5, 5.41) is 0. The van der Waals surface area contributed by atoms with Gasteiger partial charge in [-0.3, -0.25) is 9.69 Å². The van der Waals surface area contributed by atoms with E-state index in [1.54, 1.807) is 24.3 Å². The molecule has 2 aromatic rings. The third kappa shape index (κ3) is 5.61. The number of Topliss-reactive ketones (excluding diaryl/α,β-unsaturated/α-hetero) is 1. The van der Waals surface area contributed by atoms with E-state index in [0.717, 1.165) is 16.0 Å². The van der Waals surface area contributed by atoms with Gasteiger partial charge < -0.3 is 9.64 Å². The molecule has 0 saturated carbocycles. The van der Waals surface area contributed by atoms with Crippen molar-refractivity contribution >= 4 is 11.9 Å². The van der Waals surface area contributed by atoms with Gasteiger partial charge in [0.25, 0.3) is 6.10 Å². The van der Waals surface area contributed by atoms with Crippen LogP contribution < -0.4 is 0 Å². The molecule has 3 rings (SSSR count). The van der Waals surface area contributed by atoms with Gasteiger partial charge in [-0.15, -0.1) is 0 Å². The van der Waals surface area contributed by atoms with Gasteiger partial charge >= 0.3 is 12.3 Å². The van der Waals surface area contributed by atoms with Crippen LogP contribution in [0, 0.1) is 11.6 Å². The van der Waals surface area contributed by atoms with Crippen LogP contribution in [-0.2, 0) is 9.53 Å². The summed E-state index contributed by atoms with van der Waals surface area (Å²) in [5.74, 6) is -2.13. The van der Waals surface area contributed by atoms with Crippen molar-refractivity contribution in [1.29, 1.82) is 0 Å². The molecule has 10 heteroatoms. The number of hydrogen-bond acceptors (Lipinski definition) is 4. The van der Waals surface area contributed by atoms with E-state index < -0.39 is 35.8 Å². The summed E-state index contributed by atoms with van der Waals surface area (Å²) >= 11 is 0. The fourth-order valence-corrected chi connectivity index (χ4v) is 3.62. The number of hydrogen-bond donors (Lipinski definition) is 0. The molecule has 0 radical (unpaired) electrons. The molecule has 32 heavy (non-hydrogen) atoms. The van der Waals surface area contributed by atoms with Crippen molar-refractivity contribution in [2.45, 2.75) is 25.2 Å². The highest BCUT2D eigenvalue weighted by molar-refractivity contribution is 5.84. The fraction of sp³-hybridized carbons (Fsp3) is 0.364.